The summed E-state index contributed by atoms with van der Waals surface area (Å²) in [7, 11) is -3.09. The first-order valence-electron chi connectivity index (χ1n) is 7.90. The van der Waals surface area contributed by atoms with Crippen molar-refractivity contribution in [3.63, 3.8) is 0 Å². The zero-order valence-electron chi connectivity index (χ0n) is 13.6. The summed E-state index contributed by atoms with van der Waals surface area (Å²) in [5.41, 5.74) is 1.52. The van der Waals surface area contributed by atoms with Crippen LogP contribution in [0.2, 0.25) is 5.15 Å². The second kappa shape index (κ2) is 7.17. The molecule has 0 bridgehead atoms. The van der Waals surface area contributed by atoms with Gasteiger partial charge in [0.2, 0.25) is 0 Å². The summed E-state index contributed by atoms with van der Waals surface area (Å²) in [4.78, 5) is 4.32. The summed E-state index contributed by atoms with van der Waals surface area (Å²) in [6.07, 6.45) is 8.71. The number of terminal acetylenes is 1. The zero-order chi connectivity index (χ0) is 18.0. The summed E-state index contributed by atoms with van der Waals surface area (Å²) in [5.74, 6) is 2.94. The molecule has 134 valence electrons. The number of piperidine rings is 1. The molecule has 0 spiro atoms. The van der Waals surface area contributed by atoms with Gasteiger partial charge >= 0.3 is 0 Å². The summed E-state index contributed by atoms with van der Waals surface area (Å²) in [5, 5.41) is 14.2. The quantitative estimate of drug-likeness (QED) is 0.683. The van der Waals surface area contributed by atoms with Crippen molar-refractivity contribution in [2.24, 2.45) is 11.1 Å². The maximum Gasteiger partial charge on any atom is 0.169 e. The van der Waals surface area contributed by atoms with E-state index in [1.165, 1.54) is 4.31 Å². The van der Waals surface area contributed by atoms with E-state index in [1.54, 1.807) is 10.9 Å². The van der Waals surface area contributed by atoms with Crippen molar-refractivity contribution < 1.29 is 4.21 Å². The van der Waals surface area contributed by atoms with Crippen LogP contribution in [0.15, 0.2) is 12.3 Å². The Balaban J connectivity index is 1.69. The molecule has 25 heavy (non-hydrogen) atoms. The molecule has 2 aromatic rings. The number of rotatable bonds is 5. The number of aromatic nitrogens is 3. The monoisotopic (exact) mass is 381 g/mol. The topological polar surface area (TPSA) is 113 Å². The van der Waals surface area contributed by atoms with Gasteiger partial charge in [-0.2, -0.15) is 5.10 Å². The Morgan fingerprint density at radius 2 is 2.24 bits per heavy atom. The predicted octanol–water partition coefficient (Wildman–Crippen LogP) is 1.68. The molecule has 4 N–H and O–H groups in total. The molecular weight excluding hydrogens is 362 g/mol. The first kappa shape index (κ1) is 17.9. The van der Waals surface area contributed by atoms with Crippen LogP contribution in [0.5, 0.6) is 0 Å². The number of fused-ring (bicyclic) bond motifs is 1. The summed E-state index contributed by atoms with van der Waals surface area (Å²) >= 11 is 6.26. The Bertz CT molecular complexity index is 910. The van der Waals surface area contributed by atoms with Gasteiger partial charge in [-0.25, -0.2) is 28.1 Å². The highest BCUT2D eigenvalue weighted by atomic mass is 35.5. The van der Waals surface area contributed by atoms with E-state index in [0.717, 1.165) is 30.5 Å². The Morgan fingerprint density at radius 3 is 2.88 bits per heavy atom. The van der Waals surface area contributed by atoms with Crippen LogP contribution < -0.4 is 10.5 Å². The molecule has 3 heterocycles. The van der Waals surface area contributed by atoms with Crippen molar-refractivity contribution in [2.45, 2.75) is 19.4 Å². The number of pyridine rings is 1. The lowest BCUT2D eigenvalue weighted by Gasteiger charge is -2.31. The molecule has 1 saturated heterocycles. The Hall–Kier alpha value is -1.86. The molecule has 1 unspecified atom stereocenters. The van der Waals surface area contributed by atoms with Crippen LogP contribution in [-0.4, -0.2) is 42.9 Å². The maximum absolute atomic E-state index is 11.6. The van der Waals surface area contributed by atoms with Crippen molar-refractivity contribution in [1.29, 1.82) is 4.78 Å². The minimum Gasteiger partial charge on any atom is -0.384 e. The molecule has 1 aliphatic heterocycles. The second-order valence-corrected chi connectivity index (χ2v) is 8.04. The average molecular weight is 382 g/mol. The molecule has 3 rings (SSSR count). The molecule has 1 atom stereocenters. The highest BCUT2D eigenvalue weighted by molar-refractivity contribution is 7.87. The standard InChI is InChI=1S/C15H20ClN7OS/c1-2-7-23-15-13(14(16)21-23)12(3-6-19-15)20-10-11-4-8-22(9-5-11)25(17,18)24/h1,3,6,11H,4-5,7-10H2,(H,19,20)(H3,17,18,24). The lowest BCUT2D eigenvalue weighted by molar-refractivity contribution is 0.290. The van der Waals surface area contributed by atoms with E-state index in [2.05, 4.69) is 21.3 Å². The molecule has 10 heteroatoms. The van der Waals surface area contributed by atoms with Crippen LogP contribution in [0, 0.1) is 23.0 Å². The van der Waals surface area contributed by atoms with E-state index >= 15 is 0 Å². The highest BCUT2D eigenvalue weighted by Crippen LogP contribution is 2.29. The zero-order valence-corrected chi connectivity index (χ0v) is 15.2. The van der Waals surface area contributed by atoms with E-state index in [4.69, 9.17) is 27.9 Å². The summed E-state index contributed by atoms with van der Waals surface area (Å²) < 4.78 is 22.2. The maximum atomic E-state index is 11.6. The molecule has 0 aliphatic carbocycles. The van der Waals surface area contributed by atoms with Gasteiger partial charge < -0.3 is 5.32 Å². The molecule has 0 amide bonds. The van der Waals surface area contributed by atoms with Crippen molar-refractivity contribution in [3.8, 4) is 12.3 Å². The van der Waals surface area contributed by atoms with E-state index in [1.807, 2.05) is 6.07 Å². The Labute approximate surface area is 152 Å². The molecule has 0 saturated carbocycles. The summed E-state index contributed by atoms with van der Waals surface area (Å²) in [6.45, 7) is 2.19. The van der Waals surface area contributed by atoms with Gasteiger partial charge in [-0.3, -0.25) is 0 Å². The molecule has 2 aromatic heterocycles. The molecule has 0 radical (unpaired) electrons. The minimum absolute atomic E-state index is 0.309. The molecule has 1 aliphatic rings. The number of anilines is 1. The van der Waals surface area contributed by atoms with Crippen LogP contribution in [0.25, 0.3) is 11.0 Å². The molecule has 1 fully saturated rings. The van der Waals surface area contributed by atoms with Crippen molar-refractivity contribution >= 4 is 38.4 Å². The highest BCUT2D eigenvalue weighted by Gasteiger charge is 2.23. The normalized spacial score (nSPS) is 18.8. The fourth-order valence-electron chi connectivity index (χ4n) is 3.04. The molecular formula is C15H20ClN7OS. The van der Waals surface area contributed by atoms with Crippen LogP contribution in [0.3, 0.4) is 0 Å². The fraction of sp³-hybridized carbons (Fsp3) is 0.467. The smallest absolute Gasteiger partial charge is 0.169 e. The predicted molar refractivity (Wildman–Crippen MR) is 99.2 cm³/mol. The largest absolute Gasteiger partial charge is 0.384 e. The number of nitrogens with one attached hydrogen (secondary N) is 2. The first-order valence-corrected chi connectivity index (χ1v) is 9.85. The van der Waals surface area contributed by atoms with Crippen LogP contribution >= 0.6 is 11.6 Å². The van der Waals surface area contributed by atoms with Crippen molar-refractivity contribution in [2.75, 3.05) is 25.0 Å². The van der Waals surface area contributed by atoms with Gasteiger partial charge in [0.05, 0.1) is 5.39 Å². The number of halogens is 1. The minimum atomic E-state index is -3.09. The first-order chi connectivity index (χ1) is 11.9. The van der Waals surface area contributed by atoms with E-state index < -0.39 is 10.1 Å². The van der Waals surface area contributed by atoms with Crippen molar-refractivity contribution in [1.82, 2.24) is 19.1 Å². The lowest BCUT2D eigenvalue weighted by Crippen LogP contribution is -2.42. The molecule has 8 nitrogen and oxygen atoms in total. The number of nitrogens with two attached hydrogens (primary N) is 1. The fourth-order valence-corrected chi connectivity index (χ4v) is 4.07. The SMILES string of the molecule is C#CCn1nc(Cl)c2c(NCC3CCN(S(=N)(N)=O)CC3)ccnc21. The third-order valence-electron chi connectivity index (χ3n) is 4.37. The van der Waals surface area contributed by atoms with Gasteiger partial charge in [-0.05, 0) is 24.8 Å². The van der Waals surface area contributed by atoms with E-state index in [-0.39, 0.29) is 0 Å². The van der Waals surface area contributed by atoms with Crippen LogP contribution in [0.4, 0.5) is 5.69 Å². The van der Waals surface area contributed by atoms with Crippen LogP contribution in [-0.2, 0) is 16.6 Å². The third-order valence-corrected chi connectivity index (χ3v) is 5.77. The number of nitrogens with zero attached hydrogens (tertiary/aromatic N) is 4. The number of hydrogen-bond acceptors (Lipinski definition) is 5. The van der Waals surface area contributed by atoms with Gasteiger partial charge in [0.15, 0.2) is 20.9 Å². The van der Waals surface area contributed by atoms with Gasteiger partial charge in [0, 0.05) is 31.5 Å². The average Bonchev–Trinajstić information content (AvgIpc) is 2.90. The van der Waals surface area contributed by atoms with Gasteiger partial charge in [0.1, 0.15) is 6.54 Å². The second-order valence-electron chi connectivity index (χ2n) is 6.03. The molecule has 0 aromatic carbocycles. The van der Waals surface area contributed by atoms with Crippen molar-refractivity contribution in [3.05, 3.63) is 17.4 Å². The summed E-state index contributed by atoms with van der Waals surface area (Å²) in [6, 6.07) is 1.86. The number of hydrogen-bond donors (Lipinski definition) is 3. The van der Waals surface area contributed by atoms with E-state index in [9.17, 15) is 4.21 Å². The Kier molecular flexibility index (Phi) is 5.15. The van der Waals surface area contributed by atoms with Gasteiger partial charge in [-0.15, -0.1) is 6.42 Å². The van der Waals surface area contributed by atoms with Gasteiger partial charge in [0.25, 0.3) is 0 Å². The lowest BCUT2D eigenvalue weighted by atomic mass is 9.98. The van der Waals surface area contributed by atoms with Gasteiger partial charge in [-0.1, -0.05) is 17.5 Å². The Morgan fingerprint density at radius 1 is 1.52 bits per heavy atom. The van der Waals surface area contributed by atoms with E-state index in [0.29, 0.717) is 36.4 Å². The van der Waals surface area contributed by atoms with Crippen LogP contribution in [0.1, 0.15) is 12.8 Å². The third kappa shape index (κ3) is 3.88.